The molecule has 0 radical (unpaired) electrons. The lowest BCUT2D eigenvalue weighted by atomic mass is 10.1. The Morgan fingerprint density at radius 1 is 1.33 bits per heavy atom. The van der Waals surface area contributed by atoms with Crippen LogP contribution in [0.4, 0.5) is 0 Å². The number of halogens is 3. The van der Waals surface area contributed by atoms with Gasteiger partial charge in [0, 0.05) is 11.9 Å². The van der Waals surface area contributed by atoms with Crippen LogP contribution < -0.4 is 5.32 Å². The molecule has 1 fully saturated rings. The Bertz CT molecular complexity index is 450. The number of hydrogen-bond acceptors (Lipinski definition) is 1. The molecule has 18 heavy (non-hydrogen) atoms. The van der Waals surface area contributed by atoms with Gasteiger partial charge in [0.2, 0.25) is 0 Å². The highest BCUT2D eigenvalue weighted by molar-refractivity contribution is 6.43. The summed E-state index contributed by atoms with van der Waals surface area (Å²) < 4.78 is 0. The van der Waals surface area contributed by atoms with Crippen molar-refractivity contribution in [1.29, 1.82) is 0 Å². The van der Waals surface area contributed by atoms with E-state index in [1.54, 1.807) is 18.2 Å². The van der Waals surface area contributed by atoms with Gasteiger partial charge in [-0.05, 0) is 37.3 Å². The number of alkyl halides is 1. The lowest BCUT2D eigenvalue weighted by molar-refractivity contribution is 0.0947. The first kappa shape index (κ1) is 14.0. The van der Waals surface area contributed by atoms with Crippen LogP contribution in [0.5, 0.6) is 0 Å². The maximum absolute atomic E-state index is 12.0. The fourth-order valence-electron chi connectivity index (χ4n) is 2.21. The van der Waals surface area contributed by atoms with E-state index in [0.29, 0.717) is 28.1 Å². The number of carbonyl (C=O) groups is 1. The second kappa shape index (κ2) is 6.14. The molecule has 2 atom stereocenters. The van der Waals surface area contributed by atoms with Crippen molar-refractivity contribution < 1.29 is 4.79 Å². The molecular weight excluding hydrogens is 293 g/mol. The molecule has 2 nitrogen and oxygen atoms in total. The van der Waals surface area contributed by atoms with Crippen LogP contribution in [0.15, 0.2) is 18.2 Å². The Morgan fingerprint density at radius 3 is 2.78 bits per heavy atom. The third-order valence-corrected chi connectivity index (χ3v) is 4.44. The zero-order chi connectivity index (χ0) is 13.1. The summed E-state index contributed by atoms with van der Waals surface area (Å²) >= 11 is 17.9. The highest BCUT2D eigenvalue weighted by Gasteiger charge is 2.23. The van der Waals surface area contributed by atoms with Crippen LogP contribution in [-0.2, 0) is 0 Å². The van der Waals surface area contributed by atoms with Gasteiger partial charge in [-0.2, -0.15) is 0 Å². The fraction of sp³-hybridized carbons (Fsp3) is 0.462. The molecule has 1 aliphatic carbocycles. The van der Waals surface area contributed by atoms with E-state index >= 15 is 0 Å². The zero-order valence-corrected chi connectivity index (χ0v) is 12.0. The summed E-state index contributed by atoms with van der Waals surface area (Å²) in [5, 5.41) is 3.84. The van der Waals surface area contributed by atoms with Crippen LogP contribution in [0.1, 0.15) is 29.6 Å². The molecule has 0 aliphatic heterocycles. The maximum Gasteiger partial charge on any atom is 0.252 e. The van der Waals surface area contributed by atoms with Crippen LogP contribution in [0.25, 0.3) is 0 Å². The van der Waals surface area contributed by atoms with E-state index in [2.05, 4.69) is 5.32 Å². The Kier molecular flexibility index (Phi) is 4.77. The highest BCUT2D eigenvalue weighted by Crippen LogP contribution is 2.29. The molecule has 2 rings (SSSR count). The molecule has 1 saturated carbocycles. The van der Waals surface area contributed by atoms with Gasteiger partial charge in [-0.1, -0.05) is 29.3 Å². The average molecular weight is 307 g/mol. The van der Waals surface area contributed by atoms with Crippen LogP contribution in [-0.4, -0.2) is 17.8 Å². The molecule has 2 unspecified atom stereocenters. The van der Waals surface area contributed by atoms with Crippen molar-refractivity contribution in [3.05, 3.63) is 33.8 Å². The summed E-state index contributed by atoms with van der Waals surface area (Å²) in [6.07, 6.45) is 3.06. The van der Waals surface area contributed by atoms with E-state index in [0.717, 1.165) is 19.3 Å². The molecule has 1 aromatic carbocycles. The number of nitrogens with one attached hydrogen (secondary N) is 1. The number of carbonyl (C=O) groups excluding carboxylic acids is 1. The average Bonchev–Trinajstić information content (AvgIpc) is 2.76. The smallest absolute Gasteiger partial charge is 0.252 e. The van der Waals surface area contributed by atoms with Gasteiger partial charge in [-0.3, -0.25) is 4.79 Å². The standard InChI is InChI=1S/C13H14Cl3NO/c14-9-5-4-8(6-9)7-17-13(18)10-2-1-3-11(15)12(10)16/h1-3,8-9H,4-7H2,(H,17,18). The SMILES string of the molecule is O=C(NCC1CCC(Cl)C1)c1cccc(Cl)c1Cl. The highest BCUT2D eigenvalue weighted by atomic mass is 35.5. The van der Waals surface area contributed by atoms with Crippen LogP contribution >= 0.6 is 34.8 Å². The largest absolute Gasteiger partial charge is 0.352 e. The normalized spacial score (nSPS) is 23.1. The van der Waals surface area contributed by atoms with Crippen molar-refractivity contribution >= 4 is 40.7 Å². The third kappa shape index (κ3) is 3.31. The quantitative estimate of drug-likeness (QED) is 0.836. The summed E-state index contributed by atoms with van der Waals surface area (Å²) in [5.41, 5.74) is 0.421. The van der Waals surface area contributed by atoms with Crippen molar-refractivity contribution in [2.75, 3.05) is 6.54 Å². The number of rotatable bonds is 3. The first-order valence-corrected chi connectivity index (χ1v) is 7.13. The fourth-order valence-corrected chi connectivity index (χ4v) is 2.98. The molecular formula is C13H14Cl3NO. The minimum Gasteiger partial charge on any atom is -0.352 e. The molecule has 1 N–H and O–H groups in total. The van der Waals surface area contributed by atoms with Gasteiger partial charge in [-0.15, -0.1) is 11.6 Å². The number of amides is 1. The molecule has 0 heterocycles. The van der Waals surface area contributed by atoms with Gasteiger partial charge >= 0.3 is 0 Å². The minimum absolute atomic E-state index is 0.180. The topological polar surface area (TPSA) is 29.1 Å². The van der Waals surface area contributed by atoms with Crippen molar-refractivity contribution in [3.63, 3.8) is 0 Å². The first-order valence-electron chi connectivity index (χ1n) is 5.94. The molecule has 0 bridgehead atoms. The van der Waals surface area contributed by atoms with E-state index < -0.39 is 0 Å². The van der Waals surface area contributed by atoms with Crippen molar-refractivity contribution in [1.82, 2.24) is 5.32 Å². The van der Waals surface area contributed by atoms with Crippen molar-refractivity contribution in [2.24, 2.45) is 5.92 Å². The van der Waals surface area contributed by atoms with Gasteiger partial charge < -0.3 is 5.32 Å². The Balaban J connectivity index is 1.94. The predicted molar refractivity (Wildman–Crippen MR) is 75.8 cm³/mol. The summed E-state index contributed by atoms with van der Waals surface area (Å²) in [4.78, 5) is 12.0. The van der Waals surface area contributed by atoms with Crippen LogP contribution in [0.3, 0.4) is 0 Å². The Labute approximate surface area is 122 Å². The Morgan fingerprint density at radius 2 is 2.11 bits per heavy atom. The zero-order valence-electron chi connectivity index (χ0n) is 9.76. The van der Waals surface area contributed by atoms with E-state index in [4.69, 9.17) is 34.8 Å². The molecule has 5 heteroatoms. The number of hydrogen-bond donors (Lipinski definition) is 1. The van der Waals surface area contributed by atoms with E-state index in [-0.39, 0.29) is 11.3 Å². The molecule has 1 aromatic rings. The summed E-state index contributed by atoms with van der Waals surface area (Å²) in [5.74, 6) is 0.287. The van der Waals surface area contributed by atoms with E-state index in [9.17, 15) is 4.79 Å². The summed E-state index contributed by atoms with van der Waals surface area (Å²) in [7, 11) is 0. The third-order valence-electron chi connectivity index (χ3n) is 3.22. The van der Waals surface area contributed by atoms with Gasteiger partial charge in [0.05, 0.1) is 15.6 Å². The van der Waals surface area contributed by atoms with Gasteiger partial charge in [-0.25, -0.2) is 0 Å². The van der Waals surface area contributed by atoms with Crippen molar-refractivity contribution in [2.45, 2.75) is 24.6 Å². The van der Waals surface area contributed by atoms with E-state index in [1.807, 2.05) is 0 Å². The van der Waals surface area contributed by atoms with Crippen LogP contribution in [0, 0.1) is 5.92 Å². The maximum atomic E-state index is 12.0. The first-order chi connectivity index (χ1) is 8.58. The molecule has 98 valence electrons. The molecule has 0 spiro atoms. The lowest BCUT2D eigenvalue weighted by Gasteiger charge is -2.11. The summed E-state index contributed by atoms with van der Waals surface area (Å²) in [6, 6.07) is 5.05. The molecule has 1 amide bonds. The van der Waals surface area contributed by atoms with Gasteiger partial charge in [0.25, 0.3) is 5.91 Å². The predicted octanol–water partition coefficient (Wildman–Crippen LogP) is 4.13. The van der Waals surface area contributed by atoms with Gasteiger partial charge in [0.1, 0.15) is 0 Å². The van der Waals surface area contributed by atoms with E-state index in [1.165, 1.54) is 0 Å². The van der Waals surface area contributed by atoms with Crippen LogP contribution in [0.2, 0.25) is 10.0 Å². The lowest BCUT2D eigenvalue weighted by Crippen LogP contribution is -2.28. The number of benzene rings is 1. The summed E-state index contributed by atoms with van der Waals surface area (Å²) in [6.45, 7) is 0.644. The molecule has 0 saturated heterocycles. The molecule has 0 aromatic heterocycles. The molecule has 1 aliphatic rings. The van der Waals surface area contributed by atoms with Crippen molar-refractivity contribution in [3.8, 4) is 0 Å². The minimum atomic E-state index is -0.180. The monoisotopic (exact) mass is 305 g/mol. The second-order valence-electron chi connectivity index (χ2n) is 4.59. The Hall–Kier alpha value is -0.440. The van der Waals surface area contributed by atoms with Gasteiger partial charge in [0.15, 0.2) is 0 Å². The second-order valence-corrected chi connectivity index (χ2v) is 5.99.